The molecule has 1 fully saturated rings. The van der Waals surface area contributed by atoms with Gasteiger partial charge in [-0.1, -0.05) is 13.8 Å². The molecular weight excluding hydrogens is 148 g/mol. The van der Waals surface area contributed by atoms with Crippen molar-refractivity contribution >= 4 is 0 Å². The summed E-state index contributed by atoms with van der Waals surface area (Å²) in [6.07, 6.45) is 2.62. The van der Waals surface area contributed by atoms with Gasteiger partial charge in [0.2, 0.25) is 0 Å². The van der Waals surface area contributed by atoms with Crippen molar-refractivity contribution < 1.29 is 0 Å². The highest BCUT2D eigenvalue weighted by Gasteiger charge is 2.44. The first-order chi connectivity index (χ1) is 5.52. The van der Waals surface area contributed by atoms with E-state index in [1.54, 1.807) is 0 Å². The molecule has 0 bridgehead atoms. The second kappa shape index (κ2) is 3.75. The molecule has 0 aromatic rings. The molecule has 1 aliphatic carbocycles. The molecule has 0 saturated heterocycles. The maximum absolute atomic E-state index is 3.58. The normalized spacial score (nSPS) is 26.2. The van der Waals surface area contributed by atoms with Gasteiger partial charge in [0, 0.05) is 6.04 Å². The molecule has 0 radical (unpaired) electrons. The van der Waals surface area contributed by atoms with Crippen LogP contribution in [0.25, 0.3) is 0 Å². The van der Waals surface area contributed by atoms with Crippen LogP contribution >= 0.6 is 0 Å². The fourth-order valence-corrected chi connectivity index (χ4v) is 1.49. The molecule has 1 rings (SSSR count). The Morgan fingerprint density at radius 3 is 2.42 bits per heavy atom. The fraction of sp³-hybridized carbons (Fsp3) is 1.00. The Morgan fingerprint density at radius 1 is 1.42 bits per heavy atom. The third-order valence-corrected chi connectivity index (χ3v) is 2.69. The van der Waals surface area contributed by atoms with Crippen LogP contribution in [-0.4, -0.2) is 38.1 Å². The highest BCUT2D eigenvalue weighted by atomic mass is 15.1. The van der Waals surface area contributed by atoms with E-state index in [2.05, 4.69) is 38.2 Å². The molecule has 0 aromatic carbocycles. The Morgan fingerprint density at radius 2 is 2.00 bits per heavy atom. The lowest BCUT2D eigenvalue weighted by Gasteiger charge is -2.10. The summed E-state index contributed by atoms with van der Waals surface area (Å²) in [5.74, 6) is 0. The Labute approximate surface area is 76.3 Å². The van der Waals surface area contributed by atoms with Crippen LogP contribution < -0.4 is 5.32 Å². The molecule has 1 atom stereocenters. The molecule has 72 valence electrons. The van der Waals surface area contributed by atoms with Crippen molar-refractivity contribution in [1.29, 1.82) is 0 Å². The van der Waals surface area contributed by atoms with E-state index in [0.717, 1.165) is 6.04 Å². The lowest BCUT2D eigenvalue weighted by Crippen LogP contribution is -2.25. The number of hydrogen-bond donors (Lipinski definition) is 1. The summed E-state index contributed by atoms with van der Waals surface area (Å²) in [7, 11) is 4.25. The number of rotatable bonds is 5. The first kappa shape index (κ1) is 10.0. The van der Waals surface area contributed by atoms with Gasteiger partial charge in [-0.25, -0.2) is 0 Å². The van der Waals surface area contributed by atoms with Gasteiger partial charge in [0.05, 0.1) is 0 Å². The minimum absolute atomic E-state index is 0.581. The summed E-state index contributed by atoms with van der Waals surface area (Å²) in [6, 6.07) is 0.791. The topological polar surface area (TPSA) is 15.3 Å². The average molecular weight is 170 g/mol. The maximum Gasteiger partial charge on any atom is 0.0124 e. The molecule has 1 N–H and O–H groups in total. The van der Waals surface area contributed by atoms with Gasteiger partial charge in [0.1, 0.15) is 0 Å². The fourth-order valence-electron chi connectivity index (χ4n) is 1.49. The van der Waals surface area contributed by atoms with Crippen LogP contribution in [0.2, 0.25) is 0 Å². The van der Waals surface area contributed by atoms with Crippen LogP contribution in [0.5, 0.6) is 0 Å². The summed E-state index contributed by atoms with van der Waals surface area (Å²) >= 11 is 0. The minimum Gasteiger partial charge on any atom is -0.313 e. The molecule has 2 heteroatoms. The van der Waals surface area contributed by atoms with E-state index in [9.17, 15) is 0 Å². The number of nitrogens with zero attached hydrogens (tertiary/aromatic N) is 1. The van der Waals surface area contributed by atoms with E-state index in [1.807, 2.05) is 0 Å². The van der Waals surface area contributed by atoms with Gasteiger partial charge in [-0.15, -0.1) is 0 Å². The molecule has 0 aliphatic heterocycles. The van der Waals surface area contributed by atoms with E-state index >= 15 is 0 Å². The van der Waals surface area contributed by atoms with Crippen LogP contribution in [-0.2, 0) is 0 Å². The summed E-state index contributed by atoms with van der Waals surface area (Å²) in [6.45, 7) is 7.03. The Hall–Kier alpha value is -0.0800. The Bertz CT molecular complexity index is 141. The monoisotopic (exact) mass is 170 g/mol. The third-order valence-electron chi connectivity index (χ3n) is 2.69. The molecule has 2 nitrogen and oxygen atoms in total. The zero-order valence-electron chi connectivity index (χ0n) is 8.85. The first-order valence-electron chi connectivity index (χ1n) is 4.90. The van der Waals surface area contributed by atoms with E-state index in [-0.39, 0.29) is 0 Å². The van der Waals surface area contributed by atoms with Gasteiger partial charge in [-0.3, -0.25) is 0 Å². The number of nitrogens with one attached hydrogen (secondary N) is 1. The highest BCUT2D eigenvalue weighted by molar-refractivity contribution is 5.01. The SMILES string of the molecule is CN(C)CCCNC1CC1(C)C. The molecule has 0 spiro atoms. The first-order valence-corrected chi connectivity index (χ1v) is 4.90. The largest absolute Gasteiger partial charge is 0.313 e. The van der Waals surface area contributed by atoms with Gasteiger partial charge in [0.25, 0.3) is 0 Å². The maximum atomic E-state index is 3.58. The van der Waals surface area contributed by atoms with Crippen molar-refractivity contribution in [2.45, 2.75) is 32.7 Å². The van der Waals surface area contributed by atoms with Gasteiger partial charge >= 0.3 is 0 Å². The van der Waals surface area contributed by atoms with Crippen molar-refractivity contribution in [1.82, 2.24) is 10.2 Å². The van der Waals surface area contributed by atoms with Crippen molar-refractivity contribution in [2.24, 2.45) is 5.41 Å². The van der Waals surface area contributed by atoms with E-state index < -0.39 is 0 Å². The van der Waals surface area contributed by atoms with Crippen molar-refractivity contribution in [2.75, 3.05) is 27.2 Å². The predicted octanol–water partition coefficient (Wildman–Crippen LogP) is 1.33. The second-order valence-corrected chi connectivity index (χ2v) is 4.86. The standard InChI is InChI=1S/C10H22N2/c1-10(2)8-9(10)11-6-5-7-12(3)4/h9,11H,5-8H2,1-4H3. The van der Waals surface area contributed by atoms with Crippen LogP contribution in [0.15, 0.2) is 0 Å². The quantitative estimate of drug-likeness (QED) is 0.626. The molecule has 0 aromatic heterocycles. The van der Waals surface area contributed by atoms with Crippen molar-refractivity contribution in [3.63, 3.8) is 0 Å². The summed E-state index contributed by atoms with van der Waals surface area (Å²) in [4.78, 5) is 2.24. The Kier molecular flexibility index (Phi) is 3.13. The van der Waals surface area contributed by atoms with E-state index in [1.165, 1.54) is 25.9 Å². The Balaban J connectivity index is 1.91. The predicted molar refractivity (Wildman–Crippen MR) is 53.4 cm³/mol. The molecule has 1 aliphatic rings. The van der Waals surface area contributed by atoms with Crippen LogP contribution in [0, 0.1) is 5.41 Å². The van der Waals surface area contributed by atoms with E-state index in [0.29, 0.717) is 5.41 Å². The summed E-state index contributed by atoms with van der Waals surface area (Å²) in [5, 5.41) is 3.58. The van der Waals surface area contributed by atoms with Gasteiger partial charge in [-0.05, 0) is 45.4 Å². The van der Waals surface area contributed by atoms with Gasteiger partial charge < -0.3 is 10.2 Å². The zero-order chi connectivity index (χ0) is 9.19. The van der Waals surface area contributed by atoms with Gasteiger partial charge in [0.15, 0.2) is 0 Å². The number of hydrogen-bond acceptors (Lipinski definition) is 2. The van der Waals surface area contributed by atoms with Crippen LogP contribution in [0.4, 0.5) is 0 Å². The smallest absolute Gasteiger partial charge is 0.0124 e. The van der Waals surface area contributed by atoms with E-state index in [4.69, 9.17) is 0 Å². The summed E-state index contributed by atoms with van der Waals surface area (Å²) < 4.78 is 0. The van der Waals surface area contributed by atoms with Crippen molar-refractivity contribution in [3.8, 4) is 0 Å². The second-order valence-electron chi connectivity index (χ2n) is 4.86. The summed E-state index contributed by atoms with van der Waals surface area (Å²) in [5.41, 5.74) is 0.581. The molecule has 1 saturated carbocycles. The molecule has 1 unspecified atom stereocenters. The lowest BCUT2D eigenvalue weighted by molar-refractivity contribution is 0.391. The minimum atomic E-state index is 0.581. The molecule has 0 amide bonds. The highest BCUT2D eigenvalue weighted by Crippen LogP contribution is 2.44. The lowest BCUT2D eigenvalue weighted by atomic mass is 10.2. The molecule has 0 heterocycles. The van der Waals surface area contributed by atoms with Gasteiger partial charge in [-0.2, -0.15) is 0 Å². The third kappa shape index (κ3) is 3.11. The average Bonchev–Trinajstić information content (AvgIpc) is 2.51. The molecular formula is C10H22N2. The van der Waals surface area contributed by atoms with Crippen LogP contribution in [0.1, 0.15) is 26.7 Å². The zero-order valence-corrected chi connectivity index (χ0v) is 8.85. The molecule has 12 heavy (non-hydrogen) atoms. The van der Waals surface area contributed by atoms with Crippen molar-refractivity contribution in [3.05, 3.63) is 0 Å². The van der Waals surface area contributed by atoms with Crippen LogP contribution in [0.3, 0.4) is 0 Å².